The largest absolute Gasteiger partial charge is 0.494 e. The van der Waals surface area contributed by atoms with E-state index in [2.05, 4.69) is 57.4 Å². The fourth-order valence-corrected chi connectivity index (χ4v) is 6.12. The van der Waals surface area contributed by atoms with E-state index in [1.54, 1.807) is 20.8 Å². The van der Waals surface area contributed by atoms with Gasteiger partial charge < -0.3 is 14.2 Å². The summed E-state index contributed by atoms with van der Waals surface area (Å²) in [5.41, 5.74) is 4.32. The molecule has 0 saturated carbocycles. The monoisotopic (exact) mass is 681 g/mol. The Kier molecular flexibility index (Phi) is 19.6. The molecule has 0 spiro atoms. The molecule has 0 saturated heterocycles. The summed E-state index contributed by atoms with van der Waals surface area (Å²) < 4.78 is 17.6. The molecular formula is C42H67NO6. The molecule has 2 aromatic rings. The van der Waals surface area contributed by atoms with Gasteiger partial charge in [-0.1, -0.05) is 97.9 Å². The topological polar surface area (TPSA) is 83.1 Å². The summed E-state index contributed by atoms with van der Waals surface area (Å²) in [7, 11) is 0. The van der Waals surface area contributed by atoms with E-state index in [1.165, 1.54) is 37.7 Å². The fourth-order valence-electron chi connectivity index (χ4n) is 6.12. The molecule has 0 fully saturated rings. The third-order valence-corrected chi connectivity index (χ3v) is 9.26. The summed E-state index contributed by atoms with van der Waals surface area (Å²) in [5.74, 6) is 2.58. The summed E-state index contributed by atoms with van der Waals surface area (Å²) in [5, 5.41) is 0. The van der Waals surface area contributed by atoms with Crippen LogP contribution in [0.5, 0.6) is 11.5 Å². The van der Waals surface area contributed by atoms with Crippen molar-refractivity contribution >= 4 is 11.8 Å². The van der Waals surface area contributed by atoms with Crippen LogP contribution in [0.15, 0.2) is 48.5 Å². The highest BCUT2D eigenvalue weighted by atomic mass is 16.6. The number of carbonyl (C=O) groups excluding carboxylic acids is 2. The summed E-state index contributed by atoms with van der Waals surface area (Å²) in [6.45, 7) is 20.0. The third-order valence-electron chi connectivity index (χ3n) is 9.26. The first-order valence-corrected chi connectivity index (χ1v) is 18.9. The lowest BCUT2D eigenvalue weighted by atomic mass is 9.83. The lowest BCUT2D eigenvalue weighted by Gasteiger charge is -2.24. The van der Waals surface area contributed by atoms with E-state index >= 15 is 0 Å². The second-order valence-electron chi connectivity index (χ2n) is 15.0. The van der Waals surface area contributed by atoms with Crippen molar-refractivity contribution in [2.75, 3.05) is 13.2 Å². The number of Topliss-reactive ketones (excluding diaryl/α,β-unsaturated/α-hetero) is 1. The molecule has 0 radical (unpaired) electrons. The first-order chi connectivity index (χ1) is 23.4. The Balaban J connectivity index is 1.78. The van der Waals surface area contributed by atoms with Gasteiger partial charge in [-0.25, -0.2) is 4.79 Å². The van der Waals surface area contributed by atoms with Gasteiger partial charge in [0.05, 0.1) is 19.8 Å². The molecular weight excluding hydrogens is 614 g/mol. The van der Waals surface area contributed by atoms with E-state index in [1.807, 2.05) is 38.1 Å². The molecule has 7 heteroatoms. The van der Waals surface area contributed by atoms with Crippen LogP contribution in [0.2, 0.25) is 0 Å². The van der Waals surface area contributed by atoms with Gasteiger partial charge in [0.2, 0.25) is 0 Å². The third kappa shape index (κ3) is 17.5. The Bertz CT molecular complexity index is 1220. The molecule has 0 bridgehead atoms. The van der Waals surface area contributed by atoms with Crippen molar-refractivity contribution in [2.45, 2.75) is 145 Å². The smallest absolute Gasteiger partial charge is 0.376 e. The number of rotatable bonds is 25. The van der Waals surface area contributed by atoms with Crippen molar-refractivity contribution in [3.8, 4) is 11.5 Å². The molecule has 49 heavy (non-hydrogen) atoms. The molecule has 276 valence electrons. The van der Waals surface area contributed by atoms with E-state index < -0.39 is 23.4 Å². The van der Waals surface area contributed by atoms with Crippen molar-refractivity contribution in [1.82, 2.24) is 5.48 Å². The average Bonchev–Trinajstić information content (AvgIpc) is 3.06. The van der Waals surface area contributed by atoms with Gasteiger partial charge in [0.25, 0.3) is 5.78 Å². The maximum atomic E-state index is 12.8. The van der Waals surface area contributed by atoms with Crippen LogP contribution >= 0.6 is 0 Å². The zero-order valence-electron chi connectivity index (χ0n) is 32.1. The Morgan fingerprint density at radius 3 is 1.80 bits per heavy atom. The van der Waals surface area contributed by atoms with Gasteiger partial charge in [-0.2, -0.15) is 5.48 Å². The molecule has 0 aliphatic heterocycles. The minimum absolute atomic E-state index is 0.191. The van der Waals surface area contributed by atoms with Crippen molar-refractivity contribution in [2.24, 2.45) is 23.7 Å². The molecule has 1 N–H and O–H groups in total. The Morgan fingerprint density at radius 1 is 0.714 bits per heavy atom. The number of ketones is 1. The molecule has 7 nitrogen and oxygen atoms in total. The Hall–Kier alpha value is -2.90. The number of aryl methyl sites for hydroxylation is 1. The number of nitrogens with one attached hydrogen (secondary N) is 1. The van der Waals surface area contributed by atoms with Crippen LogP contribution in [0.3, 0.4) is 0 Å². The number of ether oxygens (including phenoxy) is 3. The molecule has 0 heterocycles. The van der Waals surface area contributed by atoms with E-state index in [4.69, 9.17) is 19.0 Å². The van der Waals surface area contributed by atoms with Crippen molar-refractivity contribution in [1.29, 1.82) is 0 Å². The first-order valence-electron chi connectivity index (χ1n) is 18.9. The van der Waals surface area contributed by atoms with Crippen LogP contribution in [0.1, 0.15) is 131 Å². The SMILES string of the molecule is CCc1cccc(OCCC(CC)CCC(CC)CC(CC)CCOc2cccc(CON[C@@H](CC(C)C)C(=O)C(=O)OC(C)(C)C)c2)c1. The zero-order chi connectivity index (χ0) is 36.2. The van der Waals surface area contributed by atoms with Crippen LogP contribution in [0.25, 0.3) is 0 Å². The summed E-state index contributed by atoms with van der Waals surface area (Å²) >= 11 is 0. The normalized spacial score (nSPS) is 14.2. The first kappa shape index (κ1) is 42.3. The van der Waals surface area contributed by atoms with E-state index in [0.717, 1.165) is 55.3 Å². The molecule has 0 amide bonds. The van der Waals surface area contributed by atoms with E-state index in [-0.39, 0.29) is 12.5 Å². The number of hydroxylamine groups is 1. The van der Waals surface area contributed by atoms with E-state index in [9.17, 15) is 9.59 Å². The van der Waals surface area contributed by atoms with Gasteiger partial charge in [-0.3, -0.25) is 9.63 Å². The van der Waals surface area contributed by atoms with Crippen LogP contribution in [0, 0.1) is 23.7 Å². The van der Waals surface area contributed by atoms with Crippen molar-refractivity contribution < 1.29 is 28.6 Å². The van der Waals surface area contributed by atoms with Gasteiger partial charge in [0.1, 0.15) is 23.1 Å². The second-order valence-corrected chi connectivity index (χ2v) is 15.0. The predicted octanol–water partition coefficient (Wildman–Crippen LogP) is 10.1. The maximum absolute atomic E-state index is 12.8. The highest BCUT2D eigenvalue weighted by Crippen LogP contribution is 2.29. The van der Waals surface area contributed by atoms with Gasteiger partial charge in [0, 0.05) is 0 Å². The number of esters is 1. The lowest BCUT2D eigenvalue weighted by molar-refractivity contribution is -0.165. The molecule has 0 aliphatic carbocycles. The quantitative estimate of drug-likeness (QED) is 0.0634. The zero-order valence-corrected chi connectivity index (χ0v) is 32.1. The van der Waals surface area contributed by atoms with Crippen LogP contribution in [-0.4, -0.2) is 36.6 Å². The molecule has 0 aliphatic rings. The summed E-state index contributed by atoms with van der Waals surface area (Å²) in [4.78, 5) is 30.9. The van der Waals surface area contributed by atoms with Crippen LogP contribution < -0.4 is 15.0 Å². The van der Waals surface area contributed by atoms with Crippen LogP contribution in [0.4, 0.5) is 0 Å². The van der Waals surface area contributed by atoms with Gasteiger partial charge in [0.15, 0.2) is 0 Å². The molecule has 4 atom stereocenters. The number of carbonyl (C=O) groups is 2. The van der Waals surface area contributed by atoms with E-state index in [0.29, 0.717) is 24.9 Å². The average molecular weight is 682 g/mol. The number of hydrogen-bond acceptors (Lipinski definition) is 7. The standard InChI is InChI=1S/C42H67NO6/c1-10-32(22-24-46-37-18-14-16-33(11-2)28-37)20-21-34(12-3)27-35(13-4)23-25-47-38-19-15-17-36(29-38)30-48-43-39(26-31(5)6)40(44)41(45)49-42(7,8)9/h14-19,28-29,31-32,34-35,39,43H,10-13,20-27,30H2,1-9H3/t32?,34?,35?,39-/m0/s1. The Labute approximate surface area is 298 Å². The van der Waals surface area contributed by atoms with Gasteiger partial charge >= 0.3 is 5.97 Å². The summed E-state index contributed by atoms with van der Waals surface area (Å²) in [6.07, 6.45) is 11.0. The number of benzene rings is 2. The fraction of sp³-hybridized carbons (Fsp3) is 0.667. The summed E-state index contributed by atoms with van der Waals surface area (Å²) in [6, 6.07) is 15.6. The molecule has 2 aromatic carbocycles. The molecule has 3 unspecified atom stereocenters. The molecule has 0 aromatic heterocycles. The van der Waals surface area contributed by atoms with Crippen LogP contribution in [-0.2, 0) is 32.2 Å². The van der Waals surface area contributed by atoms with Crippen molar-refractivity contribution in [3.63, 3.8) is 0 Å². The number of hydrogen-bond donors (Lipinski definition) is 1. The predicted molar refractivity (Wildman–Crippen MR) is 200 cm³/mol. The minimum Gasteiger partial charge on any atom is -0.494 e. The Morgan fingerprint density at radius 2 is 1.24 bits per heavy atom. The lowest BCUT2D eigenvalue weighted by Crippen LogP contribution is -2.44. The highest BCUT2D eigenvalue weighted by molar-refractivity contribution is 6.35. The second kappa shape index (κ2) is 22.7. The molecule has 2 rings (SSSR count). The minimum atomic E-state index is -0.847. The maximum Gasteiger partial charge on any atom is 0.376 e. The highest BCUT2D eigenvalue weighted by Gasteiger charge is 2.30. The van der Waals surface area contributed by atoms with Gasteiger partial charge in [-0.05, 0) is 112 Å². The van der Waals surface area contributed by atoms with Crippen molar-refractivity contribution in [3.05, 3.63) is 59.7 Å². The van der Waals surface area contributed by atoms with Gasteiger partial charge in [-0.15, -0.1) is 0 Å².